The van der Waals surface area contributed by atoms with Gasteiger partial charge in [0.1, 0.15) is 5.82 Å². The molecule has 1 atom stereocenters. The van der Waals surface area contributed by atoms with Gasteiger partial charge in [-0.1, -0.05) is 0 Å². The fourth-order valence-electron chi connectivity index (χ4n) is 4.90. The third-order valence-corrected chi connectivity index (χ3v) is 6.90. The number of aliphatic hydroxyl groups is 1. The monoisotopic (exact) mass is 404 g/mol. The second kappa shape index (κ2) is 7.89. The molecule has 0 aromatic carbocycles. The van der Waals surface area contributed by atoms with Crippen molar-refractivity contribution in [1.82, 2.24) is 24.8 Å². The van der Waals surface area contributed by atoms with E-state index in [0.29, 0.717) is 5.41 Å². The molecule has 2 aliphatic rings. The summed E-state index contributed by atoms with van der Waals surface area (Å²) in [5.41, 5.74) is 2.21. The van der Waals surface area contributed by atoms with Crippen LogP contribution in [-0.4, -0.2) is 68.8 Å². The Labute approximate surface area is 176 Å². The molecule has 3 aromatic rings. The summed E-state index contributed by atoms with van der Waals surface area (Å²) in [5.74, 6) is 1.72. The van der Waals surface area contributed by atoms with E-state index in [0.717, 1.165) is 67.1 Å². The third-order valence-electron chi connectivity index (χ3n) is 6.90. The van der Waals surface area contributed by atoms with Crippen molar-refractivity contribution in [3.8, 4) is 11.4 Å². The molecule has 7 nitrogen and oxygen atoms in total. The molecular formula is C23H28N6O. The summed E-state index contributed by atoms with van der Waals surface area (Å²) in [4.78, 5) is 23.0. The first kappa shape index (κ1) is 19.3. The number of anilines is 1. The number of hydrogen-bond donors (Lipinski definition) is 1. The number of fused-ring (bicyclic) bond motifs is 1. The zero-order valence-corrected chi connectivity index (χ0v) is 17.4. The van der Waals surface area contributed by atoms with Crippen LogP contribution >= 0.6 is 0 Å². The van der Waals surface area contributed by atoms with E-state index in [1.54, 1.807) is 12.4 Å². The summed E-state index contributed by atoms with van der Waals surface area (Å²) >= 11 is 0. The van der Waals surface area contributed by atoms with Crippen molar-refractivity contribution < 1.29 is 5.11 Å². The van der Waals surface area contributed by atoms with E-state index in [4.69, 9.17) is 9.97 Å². The molecule has 5 heterocycles. The second-order valence-electron chi connectivity index (χ2n) is 8.74. The molecule has 1 N–H and O–H groups in total. The van der Waals surface area contributed by atoms with Gasteiger partial charge in [0, 0.05) is 55.2 Å². The highest BCUT2D eigenvalue weighted by Crippen LogP contribution is 2.42. The van der Waals surface area contributed by atoms with Gasteiger partial charge >= 0.3 is 0 Å². The van der Waals surface area contributed by atoms with Crippen LogP contribution in [-0.2, 0) is 0 Å². The molecule has 0 amide bonds. The van der Waals surface area contributed by atoms with Crippen molar-refractivity contribution >= 4 is 16.7 Å². The number of aromatic nitrogens is 4. The highest BCUT2D eigenvalue weighted by Gasteiger charge is 2.42. The minimum Gasteiger partial charge on any atom is -0.395 e. The molecule has 1 unspecified atom stereocenters. The van der Waals surface area contributed by atoms with Crippen LogP contribution in [0.5, 0.6) is 0 Å². The van der Waals surface area contributed by atoms with Crippen LogP contribution in [0.15, 0.2) is 43.0 Å². The molecule has 5 rings (SSSR count). The first-order chi connectivity index (χ1) is 14.7. The second-order valence-corrected chi connectivity index (χ2v) is 8.74. The molecule has 2 fully saturated rings. The summed E-state index contributed by atoms with van der Waals surface area (Å²) in [6.07, 6.45) is 10.7. The largest absolute Gasteiger partial charge is 0.395 e. The number of rotatable bonds is 4. The van der Waals surface area contributed by atoms with Crippen LogP contribution in [0.1, 0.15) is 26.2 Å². The Hall–Kier alpha value is -2.64. The maximum Gasteiger partial charge on any atom is 0.162 e. The number of aliphatic hydroxyl groups excluding tert-OH is 1. The van der Waals surface area contributed by atoms with Crippen LogP contribution < -0.4 is 4.90 Å². The van der Waals surface area contributed by atoms with E-state index in [1.165, 1.54) is 6.42 Å². The summed E-state index contributed by atoms with van der Waals surface area (Å²) in [5, 5.41) is 10.6. The highest BCUT2D eigenvalue weighted by atomic mass is 16.3. The number of nitrogens with zero attached hydrogens (tertiary/aromatic N) is 6. The molecule has 0 bridgehead atoms. The van der Waals surface area contributed by atoms with Crippen molar-refractivity contribution in [3.05, 3.63) is 43.0 Å². The van der Waals surface area contributed by atoms with Gasteiger partial charge in [0.05, 0.1) is 18.3 Å². The molecule has 30 heavy (non-hydrogen) atoms. The van der Waals surface area contributed by atoms with E-state index in [1.807, 2.05) is 30.6 Å². The molecule has 0 saturated carbocycles. The number of likely N-dealkylation sites (tertiary alicyclic amines) is 1. The Balaban J connectivity index is 1.42. The molecule has 3 aromatic heterocycles. The van der Waals surface area contributed by atoms with Crippen LogP contribution in [0, 0.1) is 5.41 Å². The lowest BCUT2D eigenvalue weighted by Gasteiger charge is -2.40. The van der Waals surface area contributed by atoms with Gasteiger partial charge in [-0.05, 0) is 56.3 Å². The van der Waals surface area contributed by atoms with Gasteiger partial charge in [0.25, 0.3) is 0 Å². The van der Waals surface area contributed by atoms with Gasteiger partial charge < -0.3 is 10.0 Å². The Bertz CT molecular complexity index is 1020. The van der Waals surface area contributed by atoms with Gasteiger partial charge in [0.2, 0.25) is 0 Å². The van der Waals surface area contributed by atoms with Crippen molar-refractivity contribution in [2.75, 3.05) is 37.7 Å². The Morgan fingerprint density at radius 1 is 1.00 bits per heavy atom. The predicted molar refractivity (Wildman–Crippen MR) is 117 cm³/mol. The summed E-state index contributed by atoms with van der Waals surface area (Å²) in [6, 6.07) is 6.17. The summed E-state index contributed by atoms with van der Waals surface area (Å²) in [6.45, 7) is 6.53. The number of pyridine rings is 2. The number of hydrogen-bond acceptors (Lipinski definition) is 7. The molecule has 156 valence electrons. The lowest BCUT2D eigenvalue weighted by Crippen LogP contribution is -2.43. The van der Waals surface area contributed by atoms with Crippen LogP contribution in [0.4, 0.5) is 5.82 Å². The van der Waals surface area contributed by atoms with Crippen molar-refractivity contribution in [3.63, 3.8) is 0 Å². The minimum atomic E-state index is 0.237. The van der Waals surface area contributed by atoms with Gasteiger partial charge in [-0.15, -0.1) is 0 Å². The van der Waals surface area contributed by atoms with Gasteiger partial charge in [-0.25, -0.2) is 9.97 Å². The van der Waals surface area contributed by atoms with Crippen LogP contribution in [0.3, 0.4) is 0 Å². The highest BCUT2D eigenvalue weighted by molar-refractivity contribution is 5.90. The Morgan fingerprint density at radius 3 is 2.50 bits per heavy atom. The van der Waals surface area contributed by atoms with Gasteiger partial charge in [0.15, 0.2) is 5.82 Å². The lowest BCUT2D eigenvalue weighted by atomic mass is 9.77. The molecular weight excluding hydrogens is 376 g/mol. The normalized spacial score (nSPS) is 20.1. The average molecular weight is 405 g/mol. The SMILES string of the molecule is CC(CO)N1CCC2(CCN(c3nc(-c4ccncc4)nc4cnccc34)CC2)C1. The van der Waals surface area contributed by atoms with E-state index >= 15 is 0 Å². The van der Waals surface area contributed by atoms with Gasteiger partial charge in [-0.3, -0.25) is 14.9 Å². The van der Waals surface area contributed by atoms with E-state index in [2.05, 4.69) is 26.7 Å². The zero-order chi connectivity index (χ0) is 20.6. The maximum absolute atomic E-state index is 9.52. The maximum atomic E-state index is 9.52. The Morgan fingerprint density at radius 2 is 1.73 bits per heavy atom. The topological polar surface area (TPSA) is 78.3 Å². The van der Waals surface area contributed by atoms with Gasteiger partial charge in [-0.2, -0.15) is 0 Å². The minimum absolute atomic E-state index is 0.237. The molecule has 1 spiro atoms. The van der Waals surface area contributed by atoms with Crippen molar-refractivity contribution in [1.29, 1.82) is 0 Å². The van der Waals surface area contributed by atoms with E-state index in [9.17, 15) is 5.11 Å². The van der Waals surface area contributed by atoms with Crippen molar-refractivity contribution in [2.24, 2.45) is 5.41 Å². The van der Waals surface area contributed by atoms with E-state index in [-0.39, 0.29) is 12.6 Å². The molecule has 0 aliphatic carbocycles. The quantitative estimate of drug-likeness (QED) is 0.716. The number of piperidine rings is 1. The fourth-order valence-corrected chi connectivity index (χ4v) is 4.90. The fraction of sp³-hybridized carbons (Fsp3) is 0.478. The third kappa shape index (κ3) is 3.52. The summed E-state index contributed by atoms with van der Waals surface area (Å²) in [7, 11) is 0. The molecule has 0 radical (unpaired) electrons. The van der Waals surface area contributed by atoms with Crippen molar-refractivity contribution in [2.45, 2.75) is 32.2 Å². The average Bonchev–Trinajstić information content (AvgIpc) is 3.22. The standard InChI is InChI=1S/C23H28N6O/c1-17(15-30)29-13-7-23(16-29)5-11-28(12-6-23)22-19-4-10-25-14-20(19)26-21(27-22)18-2-8-24-9-3-18/h2-4,8-10,14,17,30H,5-7,11-13,15-16H2,1H3. The van der Waals surface area contributed by atoms with Crippen LogP contribution in [0.25, 0.3) is 22.3 Å². The predicted octanol–water partition coefficient (Wildman–Crippen LogP) is 2.76. The Kier molecular flexibility index (Phi) is 5.08. The van der Waals surface area contributed by atoms with E-state index < -0.39 is 0 Å². The first-order valence-corrected chi connectivity index (χ1v) is 10.8. The molecule has 2 saturated heterocycles. The lowest BCUT2D eigenvalue weighted by molar-refractivity contribution is 0.133. The molecule has 7 heteroatoms. The first-order valence-electron chi connectivity index (χ1n) is 10.8. The van der Waals surface area contributed by atoms with Crippen LogP contribution in [0.2, 0.25) is 0 Å². The summed E-state index contributed by atoms with van der Waals surface area (Å²) < 4.78 is 0. The molecule has 2 aliphatic heterocycles. The zero-order valence-electron chi connectivity index (χ0n) is 17.4. The smallest absolute Gasteiger partial charge is 0.162 e.